The van der Waals surface area contributed by atoms with Gasteiger partial charge in [-0.3, -0.25) is 9.59 Å². The zero-order valence-corrected chi connectivity index (χ0v) is 15.3. The maximum absolute atomic E-state index is 12.7. The maximum atomic E-state index is 12.7. The van der Waals surface area contributed by atoms with Gasteiger partial charge in [-0.05, 0) is 61.1 Å². The van der Waals surface area contributed by atoms with E-state index in [0.717, 1.165) is 43.5 Å². The first-order valence-corrected chi connectivity index (χ1v) is 9.62. The number of hydrogen-bond donors (Lipinski definition) is 1. The fourth-order valence-corrected chi connectivity index (χ4v) is 3.79. The molecule has 0 spiro atoms. The van der Waals surface area contributed by atoms with Crippen LogP contribution in [0.5, 0.6) is 0 Å². The molecule has 1 saturated heterocycles. The first-order chi connectivity index (χ1) is 13.2. The Labute approximate surface area is 159 Å². The van der Waals surface area contributed by atoms with Gasteiger partial charge in [-0.1, -0.05) is 24.3 Å². The number of nitrogens with one attached hydrogen (secondary N) is 1. The summed E-state index contributed by atoms with van der Waals surface area (Å²) in [4.78, 5) is 27.1. The second-order valence-corrected chi connectivity index (χ2v) is 7.12. The zero-order valence-electron chi connectivity index (χ0n) is 15.3. The van der Waals surface area contributed by atoms with E-state index < -0.39 is 6.10 Å². The molecule has 27 heavy (non-hydrogen) atoms. The third-order valence-electron chi connectivity index (χ3n) is 5.27. The molecule has 5 nitrogen and oxygen atoms in total. The smallest absolute Gasteiger partial charge is 0.258 e. The molecule has 0 bridgehead atoms. The number of carbonyl (C=O) groups excluding carboxylic acids is 2. The monoisotopic (exact) mass is 364 g/mol. The first kappa shape index (κ1) is 17.7. The molecule has 0 unspecified atom stereocenters. The summed E-state index contributed by atoms with van der Waals surface area (Å²) in [5.41, 5.74) is 3.42. The quantitative estimate of drug-likeness (QED) is 0.906. The Morgan fingerprint density at radius 2 is 1.70 bits per heavy atom. The molecule has 0 radical (unpaired) electrons. The van der Waals surface area contributed by atoms with Gasteiger partial charge in [0, 0.05) is 24.3 Å². The minimum absolute atomic E-state index is 0.0668. The largest absolute Gasteiger partial charge is 0.363 e. The van der Waals surface area contributed by atoms with Gasteiger partial charge in [0.25, 0.3) is 11.8 Å². The van der Waals surface area contributed by atoms with Gasteiger partial charge in [-0.2, -0.15) is 0 Å². The molecule has 0 aromatic heterocycles. The molecular formula is C22H24N2O3. The van der Waals surface area contributed by atoms with Gasteiger partial charge in [0.15, 0.2) is 6.10 Å². The van der Waals surface area contributed by atoms with Gasteiger partial charge < -0.3 is 15.0 Å². The van der Waals surface area contributed by atoms with E-state index in [1.54, 1.807) is 24.3 Å². The molecule has 5 heteroatoms. The Bertz CT molecular complexity index is 826. The van der Waals surface area contributed by atoms with E-state index in [-0.39, 0.29) is 11.8 Å². The number of hydrogen-bond acceptors (Lipinski definition) is 3. The van der Waals surface area contributed by atoms with Gasteiger partial charge >= 0.3 is 0 Å². The number of anilines is 1. The lowest BCUT2D eigenvalue weighted by molar-refractivity contribution is -0.128. The predicted molar refractivity (Wildman–Crippen MR) is 104 cm³/mol. The highest BCUT2D eigenvalue weighted by Gasteiger charge is 2.27. The summed E-state index contributed by atoms with van der Waals surface area (Å²) in [5.74, 6) is -0.116. The summed E-state index contributed by atoms with van der Waals surface area (Å²) in [5, 5.41) is 2.91. The molecule has 0 saturated carbocycles. The fraction of sp³-hybridized carbons (Fsp3) is 0.364. The van der Waals surface area contributed by atoms with E-state index in [9.17, 15) is 9.59 Å². The van der Waals surface area contributed by atoms with Crippen molar-refractivity contribution in [2.24, 2.45) is 0 Å². The van der Waals surface area contributed by atoms with Crippen LogP contribution in [0.4, 0.5) is 5.69 Å². The number of nitrogens with zero attached hydrogens (tertiary/aromatic N) is 1. The van der Waals surface area contributed by atoms with E-state index in [1.807, 2.05) is 29.2 Å². The first-order valence-electron chi connectivity index (χ1n) is 9.62. The summed E-state index contributed by atoms with van der Waals surface area (Å²) in [6.45, 7) is 2.20. The second kappa shape index (κ2) is 7.92. The van der Waals surface area contributed by atoms with Crippen LogP contribution in [0.1, 0.15) is 46.9 Å². The SMILES string of the molecule is O=C(Nc1ccc(C(=O)N2CCCCC2)cc1)[C@@H]1OCCc2ccccc21. The molecular weight excluding hydrogens is 340 g/mol. The molecule has 1 atom stereocenters. The average Bonchev–Trinajstić information content (AvgIpc) is 2.74. The minimum atomic E-state index is -0.593. The molecule has 2 heterocycles. The van der Waals surface area contributed by atoms with Crippen LogP contribution in [-0.2, 0) is 16.0 Å². The minimum Gasteiger partial charge on any atom is -0.363 e. The van der Waals surface area contributed by atoms with Crippen LogP contribution >= 0.6 is 0 Å². The van der Waals surface area contributed by atoms with Gasteiger partial charge in [0.2, 0.25) is 0 Å². The topological polar surface area (TPSA) is 58.6 Å². The number of likely N-dealkylation sites (tertiary alicyclic amines) is 1. The Morgan fingerprint density at radius 1 is 0.963 bits per heavy atom. The van der Waals surface area contributed by atoms with Crippen LogP contribution in [-0.4, -0.2) is 36.4 Å². The summed E-state index contributed by atoms with van der Waals surface area (Å²) in [6.07, 6.45) is 3.57. The molecule has 2 aromatic rings. The normalized spacial score (nSPS) is 19.3. The standard InChI is InChI=1S/C22H24N2O3/c25-21(20-19-7-3-2-6-16(19)12-15-27-20)23-18-10-8-17(9-11-18)22(26)24-13-4-1-5-14-24/h2-3,6-11,20H,1,4-5,12-15H2,(H,23,25)/t20-/m1/s1. The lowest BCUT2D eigenvalue weighted by Crippen LogP contribution is -2.35. The third kappa shape index (κ3) is 3.88. The number of amides is 2. The van der Waals surface area contributed by atoms with Crippen LogP contribution in [0.2, 0.25) is 0 Å². The third-order valence-corrected chi connectivity index (χ3v) is 5.27. The summed E-state index contributed by atoms with van der Waals surface area (Å²) >= 11 is 0. The highest BCUT2D eigenvalue weighted by Crippen LogP contribution is 2.28. The predicted octanol–water partition coefficient (Wildman–Crippen LogP) is 3.57. The molecule has 140 valence electrons. The highest BCUT2D eigenvalue weighted by molar-refractivity contribution is 5.97. The van der Waals surface area contributed by atoms with Crippen molar-refractivity contribution >= 4 is 17.5 Å². The van der Waals surface area contributed by atoms with Crippen molar-refractivity contribution in [2.75, 3.05) is 25.0 Å². The molecule has 4 rings (SSSR count). The number of rotatable bonds is 3. The maximum Gasteiger partial charge on any atom is 0.258 e. The van der Waals surface area contributed by atoms with Crippen LogP contribution in [0.25, 0.3) is 0 Å². The van der Waals surface area contributed by atoms with Gasteiger partial charge in [0.05, 0.1) is 6.61 Å². The van der Waals surface area contributed by atoms with E-state index in [4.69, 9.17) is 4.74 Å². The molecule has 2 aliphatic heterocycles. The number of piperidine rings is 1. The fourth-order valence-electron chi connectivity index (χ4n) is 3.79. The number of fused-ring (bicyclic) bond motifs is 1. The van der Waals surface area contributed by atoms with E-state index in [0.29, 0.717) is 17.9 Å². The summed E-state index contributed by atoms with van der Waals surface area (Å²) in [7, 11) is 0. The van der Waals surface area contributed by atoms with Crippen molar-refractivity contribution < 1.29 is 14.3 Å². The van der Waals surface area contributed by atoms with Crippen LogP contribution in [0.15, 0.2) is 48.5 Å². The molecule has 2 aromatic carbocycles. The second-order valence-electron chi connectivity index (χ2n) is 7.12. The zero-order chi connectivity index (χ0) is 18.6. The molecule has 1 fully saturated rings. The van der Waals surface area contributed by atoms with E-state index in [1.165, 1.54) is 6.42 Å². The number of ether oxygens (including phenoxy) is 1. The van der Waals surface area contributed by atoms with Crippen molar-refractivity contribution in [3.63, 3.8) is 0 Å². The van der Waals surface area contributed by atoms with Gasteiger partial charge in [-0.25, -0.2) is 0 Å². The van der Waals surface area contributed by atoms with E-state index >= 15 is 0 Å². The molecule has 0 aliphatic carbocycles. The van der Waals surface area contributed by atoms with Gasteiger partial charge in [-0.15, -0.1) is 0 Å². The Balaban J connectivity index is 1.43. The van der Waals surface area contributed by atoms with Crippen LogP contribution in [0, 0.1) is 0 Å². The Hall–Kier alpha value is -2.66. The summed E-state index contributed by atoms with van der Waals surface area (Å²) < 4.78 is 5.71. The molecule has 2 aliphatic rings. The van der Waals surface area contributed by atoms with Gasteiger partial charge in [0.1, 0.15) is 0 Å². The lowest BCUT2D eigenvalue weighted by Gasteiger charge is -2.27. The Morgan fingerprint density at radius 3 is 2.48 bits per heavy atom. The van der Waals surface area contributed by atoms with Crippen LogP contribution in [0.3, 0.4) is 0 Å². The Kier molecular flexibility index (Phi) is 5.21. The average molecular weight is 364 g/mol. The van der Waals surface area contributed by atoms with E-state index in [2.05, 4.69) is 5.32 Å². The highest BCUT2D eigenvalue weighted by atomic mass is 16.5. The molecule has 2 amide bonds. The number of benzene rings is 2. The number of carbonyl (C=O) groups is 2. The van der Waals surface area contributed by atoms with Crippen LogP contribution < -0.4 is 5.32 Å². The van der Waals surface area contributed by atoms with Crippen molar-refractivity contribution in [1.82, 2.24) is 4.90 Å². The summed E-state index contributed by atoms with van der Waals surface area (Å²) in [6, 6.07) is 15.0. The van der Waals surface area contributed by atoms with Crippen molar-refractivity contribution in [1.29, 1.82) is 0 Å². The van der Waals surface area contributed by atoms with Crippen molar-refractivity contribution in [3.05, 3.63) is 65.2 Å². The van der Waals surface area contributed by atoms with Crippen molar-refractivity contribution in [2.45, 2.75) is 31.8 Å². The molecule has 1 N–H and O–H groups in total. The van der Waals surface area contributed by atoms with Crippen molar-refractivity contribution in [3.8, 4) is 0 Å². The lowest BCUT2D eigenvalue weighted by atomic mass is 9.97.